The third-order valence-electron chi connectivity index (χ3n) is 2.21. The van der Waals surface area contributed by atoms with Crippen molar-refractivity contribution < 1.29 is 0 Å². The molecular formula is C10H12N4S. The van der Waals surface area contributed by atoms with Gasteiger partial charge < -0.3 is 0 Å². The molecule has 1 heterocycles. The van der Waals surface area contributed by atoms with E-state index in [0.717, 1.165) is 11.3 Å². The summed E-state index contributed by atoms with van der Waals surface area (Å²) < 4.78 is 3.83. The van der Waals surface area contributed by atoms with Crippen LogP contribution in [-0.2, 0) is 6.42 Å². The molecule has 1 atom stereocenters. The van der Waals surface area contributed by atoms with Crippen molar-refractivity contribution in [1.29, 1.82) is 0 Å². The topological polar surface area (TPSA) is 63.8 Å². The molecule has 2 aromatic rings. The quantitative estimate of drug-likeness (QED) is 0.602. The minimum absolute atomic E-state index is 0.0902. The lowest BCUT2D eigenvalue weighted by atomic mass is 10.1. The second-order valence-electron chi connectivity index (χ2n) is 3.23. The molecule has 0 aliphatic carbocycles. The lowest BCUT2D eigenvalue weighted by Gasteiger charge is -2.12. The number of aromatic nitrogens is 2. The first kappa shape index (κ1) is 10.2. The number of nitrogens with one attached hydrogen (secondary N) is 1. The van der Waals surface area contributed by atoms with Gasteiger partial charge in [0.1, 0.15) is 0 Å². The average molecular weight is 220 g/mol. The maximum atomic E-state index is 5.51. The molecule has 1 unspecified atom stereocenters. The Bertz CT molecular complexity index is 387. The van der Waals surface area contributed by atoms with E-state index in [2.05, 4.69) is 27.1 Å². The molecule has 78 valence electrons. The van der Waals surface area contributed by atoms with E-state index in [1.54, 1.807) is 6.20 Å². The van der Waals surface area contributed by atoms with Crippen LogP contribution in [0.25, 0.3) is 0 Å². The molecule has 4 nitrogen and oxygen atoms in total. The number of hydrogen-bond donors (Lipinski definition) is 2. The summed E-state index contributed by atoms with van der Waals surface area (Å²) in [4.78, 5) is 1.06. The van der Waals surface area contributed by atoms with Crippen LogP contribution in [0.3, 0.4) is 0 Å². The van der Waals surface area contributed by atoms with Crippen molar-refractivity contribution in [2.24, 2.45) is 5.84 Å². The predicted molar refractivity (Wildman–Crippen MR) is 60.1 cm³/mol. The van der Waals surface area contributed by atoms with Gasteiger partial charge in [-0.05, 0) is 23.5 Å². The number of nitrogens with two attached hydrogens (primary N) is 1. The Morgan fingerprint density at radius 1 is 1.33 bits per heavy atom. The van der Waals surface area contributed by atoms with Gasteiger partial charge in [0.05, 0.1) is 17.1 Å². The molecule has 0 saturated heterocycles. The smallest absolute Gasteiger partial charge is 0.0670 e. The van der Waals surface area contributed by atoms with Gasteiger partial charge in [-0.1, -0.05) is 34.8 Å². The highest BCUT2D eigenvalue weighted by atomic mass is 32.1. The molecule has 15 heavy (non-hydrogen) atoms. The van der Waals surface area contributed by atoms with E-state index in [1.807, 2.05) is 18.2 Å². The molecule has 5 heteroatoms. The fourth-order valence-corrected chi connectivity index (χ4v) is 1.98. The summed E-state index contributed by atoms with van der Waals surface area (Å²) in [7, 11) is 0. The molecule has 0 aliphatic heterocycles. The Morgan fingerprint density at radius 3 is 2.73 bits per heavy atom. The third kappa shape index (κ3) is 2.59. The normalized spacial score (nSPS) is 12.6. The van der Waals surface area contributed by atoms with Crippen LogP contribution in [0.15, 0.2) is 36.5 Å². The van der Waals surface area contributed by atoms with E-state index >= 15 is 0 Å². The number of hydrazine groups is 1. The number of rotatable bonds is 4. The van der Waals surface area contributed by atoms with E-state index in [0.29, 0.717) is 0 Å². The van der Waals surface area contributed by atoms with E-state index in [4.69, 9.17) is 5.84 Å². The van der Waals surface area contributed by atoms with Crippen LogP contribution in [0.4, 0.5) is 0 Å². The molecule has 0 saturated carbocycles. The summed E-state index contributed by atoms with van der Waals surface area (Å²) in [5, 5.41) is 3.81. The zero-order chi connectivity index (χ0) is 10.5. The Morgan fingerprint density at radius 2 is 2.13 bits per heavy atom. The second-order valence-corrected chi connectivity index (χ2v) is 4.05. The summed E-state index contributed by atoms with van der Waals surface area (Å²) in [5.74, 6) is 5.51. The Kier molecular flexibility index (Phi) is 3.39. The van der Waals surface area contributed by atoms with Crippen molar-refractivity contribution in [3.8, 4) is 0 Å². The monoisotopic (exact) mass is 220 g/mol. The Labute approximate surface area is 92.3 Å². The van der Waals surface area contributed by atoms with Gasteiger partial charge in [0.25, 0.3) is 0 Å². The van der Waals surface area contributed by atoms with Gasteiger partial charge in [0.15, 0.2) is 0 Å². The highest BCUT2D eigenvalue weighted by Gasteiger charge is 2.12. The second kappa shape index (κ2) is 4.97. The van der Waals surface area contributed by atoms with Crippen molar-refractivity contribution in [3.05, 3.63) is 47.0 Å². The van der Waals surface area contributed by atoms with Crippen LogP contribution in [0.1, 0.15) is 16.5 Å². The van der Waals surface area contributed by atoms with Crippen LogP contribution in [0.2, 0.25) is 0 Å². The van der Waals surface area contributed by atoms with Gasteiger partial charge in [-0.25, -0.2) is 0 Å². The molecule has 1 aromatic carbocycles. The zero-order valence-electron chi connectivity index (χ0n) is 8.13. The summed E-state index contributed by atoms with van der Waals surface area (Å²) in [6, 6.07) is 10.3. The fourth-order valence-electron chi connectivity index (χ4n) is 1.42. The average Bonchev–Trinajstić information content (AvgIpc) is 2.81. The highest BCUT2D eigenvalue weighted by Crippen LogP contribution is 2.19. The van der Waals surface area contributed by atoms with Gasteiger partial charge in [-0.2, -0.15) is 0 Å². The van der Waals surface area contributed by atoms with Crippen LogP contribution in [0.5, 0.6) is 0 Å². The number of hydrogen-bond acceptors (Lipinski definition) is 5. The van der Waals surface area contributed by atoms with Crippen LogP contribution < -0.4 is 11.3 Å². The summed E-state index contributed by atoms with van der Waals surface area (Å²) in [6.07, 6.45) is 2.60. The van der Waals surface area contributed by atoms with Crippen molar-refractivity contribution >= 4 is 11.5 Å². The molecule has 3 N–H and O–H groups in total. The fraction of sp³-hybridized carbons (Fsp3) is 0.200. The molecule has 0 fully saturated rings. The predicted octanol–water partition coefficient (Wildman–Crippen LogP) is 1.29. The molecule has 0 radical (unpaired) electrons. The van der Waals surface area contributed by atoms with Crippen molar-refractivity contribution in [2.45, 2.75) is 12.5 Å². The van der Waals surface area contributed by atoms with E-state index in [1.165, 1.54) is 17.1 Å². The highest BCUT2D eigenvalue weighted by molar-refractivity contribution is 7.05. The van der Waals surface area contributed by atoms with Gasteiger partial charge in [-0.15, -0.1) is 5.10 Å². The van der Waals surface area contributed by atoms with E-state index in [-0.39, 0.29) is 6.04 Å². The molecule has 1 aromatic heterocycles. The minimum atomic E-state index is 0.0902. The van der Waals surface area contributed by atoms with Crippen LogP contribution >= 0.6 is 11.5 Å². The lowest BCUT2D eigenvalue weighted by Crippen LogP contribution is -2.28. The summed E-state index contributed by atoms with van der Waals surface area (Å²) in [5.41, 5.74) is 4.03. The van der Waals surface area contributed by atoms with Crippen molar-refractivity contribution in [1.82, 2.24) is 15.0 Å². The van der Waals surface area contributed by atoms with Gasteiger partial charge in [0, 0.05) is 0 Å². The first-order valence-corrected chi connectivity index (χ1v) is 5.45. The molecule has 0 spiro atoms. The summed E-state index contributed by atoms with van der Waals surface area (Å²) >= 11 is 1.37. The SMILES string of the molecule is NNC(Cc1ccccc1)c1cnns1. The minimum Gasteiger partial charge on any atom is -0.271 e. The molecule has 0 aliphatic rings. The van der Waals surface area contributed by atoms with Gasteiger partial charge in [-0.3, -0.25) is 11.3 Å². The third-order valence-corrected chi connectivity index (χ3v) is 2.98. The number of benzene rings is 1. The van der Waals surface area contributed by atoms with E-state index in [9.17, 15) is 0 Å². The first-order chi connectivity index (χ1) is 7.40. The molecule has 0 bridgehead atoms. The summed E-state index contributed by atoms with van der Waals surface area (Å²) in [6.45, 7) is 0. The molecular weight excluding hydrogens is 208 g/mol. The first-order valence-electron chi connectivity index (χ1n) is 4.67. The van der Waals surface area contributed by atoms with Crippen LogP contribution in [0, 0.1) is 0 Å². The zero-order valence-corrected chi connectivity index (χ0v) is 8.95. The van der Waals surface area contributed by atoms with Crippen molar-refractivity contribution in [2.75, 3.05) is 0 Å². The maximum Gasteiger partial charge on any atom is 0.0670 e. The lowest BCUT2D eigenvalue weighted by molar-refractivity contribution is 0.560. The molecule has 0 amide bonds. The standard InChI is InChI=1S/C10H12N4S/c11-13-9(10-7-12-14-15-10)6-8-4-2-1-3-5-8/h1-5,7,9,13H,6,11H2. The van der Waals surface area contributed by atoms with E-state index < -0.39 is 0 Å². The largest absolute Gasteiger partial charge is 0.271 e. The molecule has 2 rings (SSSR count). The van der Waals surface area contributed by atoms with Gasteiger partial charge in [0.2, 0.25) is 0 Å². The maximum absolute atomic E-state index is 5.51. The Balaban J connectivity index is 2.10. The van der Waals surface area contributed by atoms with Crippen molar-refractivity contribution in [3.63, 3.8) is 0 Å². The van der Waals surface area contributed by atoms with Crippen LogP contribution in [-0.4, -0.2) is 9.59 Å². The van der Waals surface area contributed by atoms with Gasteiger partial charge >= 0.3 is 0 Å². The number of nitrogens with zero attached hydrogens (tertiary/aromatic N) is 2. The Hall–Kier alpha value is -1.30.